The molecule has 3 rings (SSSR count). The van der Waals surface area contributed by atoms with Gasteiger partial charge in [-0.05, 0) is 68.2 Å². The van der Waals surface area contributed by atoms with Crippen LogP contribution in [-0.2, 0) is 5.41 Å². The van der Waals surface area contributed by atoms with Gasteiger partial charge in [-0.25, -0.2) is 4.98 Å². The van der Waals surface area contributed by atoms with E-state index in [9.17, 15) is 4.79 Å². The summed E-state index contributed by atoms with van der Waals surface area (Å²) in [4.78, 5) is 22.2. The first kappa shape index (κ1) is 21.5. The predicted molar refractivity (Wildman–Crippen MR) is 124 cm³/mol. The highest BCUT2D eigenvalue weighted by Crippen LogP contribution is 2.33. The molecule has 0 saturated heterocycles. The molecule has 0 aliphatic heterocycles. The molecule has 0 N–H and O–H groups in total. The second kappa shape index (κ2) is 8.25. The van der Waals surface area contributed by atoms with Gasteiger partial charge < -0.3 is 4.90 Å². The summed E-state index contributed by atoms with van der Waals surface area (Å²) in [5.41, 5.74) is 5.38. The fourth-order valence-corrected chi connectivity index (χ4v) is 4.23. The summed E-state index contributed by atoms with van der Waals surface area (Å²) >= 11 is 1.59. The van der Waals surface area contributed by atoms with Gasteiger partial charge >= 0.3 is 0 Å². The normalized spacial score (nSPS) is 12.0. The molecule has 3 aromatic rings. The van der Waals surface area contributed by atoms with Crippen molar-refractivity contribution in [2.24, 2.45) is 0 Å². The first-order valence-corrected chi connectivity index (χ1v) is 10.8. The molecule has 1 amide bonds. The van der Waals surface area contributed by atoms with Crippen molar-refractivity contribution in [3.8, 4) is 0 Å². The molecule has 1 aromatic heterocycles. The van der Waals surface area contributed by atoms with Gasteiger partial charge in [-0.3, -0.25) is 9.69 Å². The summed E-state index contributed by atoms with van der Waals surface area (Å²) in [6.07, 6.45) is 0. The number of fused-ring (bicyclic) bond motifs is 1. The standard InChI is InChI=1S/C24H31N3OS/c1-16-8-13-20-21(17(16)2)25-23(29-20)27(15-14-26(6)7)22(28)18-9-11-19(12-10-18)24(3,4)5/h8-13H,14-15H2,1-7H3. The zero-order valence-electron chi connectivity index (χ0n) is 18.5. The van der Waals surface area contributed by atoms with Crippen LogP contribution in [0.25, 0.3) is 10.2 Å². The van der Waals surface area contributed by atoms with E-state index in [0.717, 1.165) is 21.9 Å². The van der Waals surface area contributed by atoms with Crippen LogP contribution in [-0.4, -0.2) is 43.0 Å². The molecule has 29 heavy (non-hydrogen) atoms. The average Bonchev–Trinajstić information content (AvgIpc) is 3.08. The number of rotatable bonds is 5. The van der Waals surface area contributed by atoms with E-state index in [0.29, 0.717) is 12.1 Å². The monoisotopic (exact) mass is 409 g/mol. The lowest BCUT2D eigenvalue weighted by Crippen LogP contribution is -2.36. The Morgan fingerprint density at radius 2 is 1.66 bits per heavy atom. The third-order valence-corrected chi connectivity index (χ3v) is 6.36. The zero-order chi connectivity index (χ0) is 21.3. The molecule has 1 heterocycles. The van der Waals surface area contributed by atoms with Crippen LogP contribution in [0.5, 0.6) is 0 Å². The zero-order valence-corrected chi connectivity index (χ0v) is 19.4. The molecule has 0 saturated carbocycles. The van der Waals surface area contributed by atoms with Gasteiger partial charge in [0.15, 0.2) is 5.13 Å². The molecular weight excluding hydrogens is 378 g/mol. The van der Waals surface area contributed by atoms with Crippen molar-refractivity contribution in [3.05, 3.63) is 58.7 Å². The number of aromatic nitrogens is 1. The van der Waals surface area contributed by atoms with Crippen molar-refractivity contribution in [2.75, 3.05) is 32.1 Å². The minimum absolute atomic E-state index is 0.000685. The number of aryl methyl sites for hydroxylation is 2. The molecule has 0 bridgehead atoms. The maximum atomic E-state index is 13.4. The number of anilines is 1. The van der Waals surface area contributed by atoms with E-state index in [2.05, 4.69) is 63.8 Å². The molecule has 5 heteroatoms. The Labute approximate surface area is 178 Å². The predicted octanol–water partition coefficient (Wildman–Crippen LogP) is 5.42. The quantitative estimate of drug-likeness (QED) is 0.565. The summed E-state index contributed by atoms with van der Waals surface area (Å²) in [5.74, 6) is 0.000685. The van der Waals surface area contributed by atoms with Gasteiger partial charge in [0.1, 0.15) is 0 Å². The van der Waals surface area contributed by atoms with Gasteiger partial charge in [0.25, 0.3) is 5.91 Å². The maximum absolute atomic E-state index is 13.4. The van der Waals surface area contributed by atoms with E-state index in [1.807, 2.05) is 31.1 Å². The molecule has 4 nitrogen and oxygen atoms in total. The van der Waals surface area contributed by atoms with Crippen LogP contribution in [0.2, 0.25) is 0 Å². The molecule has 0 aliphatic carbocycles. The number of likely N-dealkylation sites (N-methyl/N-ethyl adjacent to an activating group) is 1. The molecule has 2 aromatic carbocycles. The highest BCUT2D eigenvalue weighted by Gasteiger charge is 2.23. The van der Waals surface area contributed by atoms with Crippen molar-refractivity contribution in [1.29, 1.82) is 0 Å². The molecule has 0 atom stereocenters. The first-order valence-electron chi connectivity index (χ1n) is 10.0. The van der Waals surface area contributed by atoms with E-state index in [1.165, 1.54) is 16.7 Å². The highest BCUT2D eigenvalue weighted by molar-refractivity contribution is 7.22. The van der Waals surface area contributed by atoms with Crippen molar-refractivity contribution in [1.82, 2.24) is 9.88 Å². The molecule has 0 fully saturated rings. The summed E-state index contributed by atoms with van der Waals surface area (Å²) in [7, 11) is 4.04. The van der Waals surface area contributed by atoms with Gasteiger partial charge in [0, 0.05) is 18.7 Å². The number of hydrogen-bond acceptors (Lipinski definition) is 4. The fourth-order valence-electron chi connectivity index (χ4n) is 3.18. The van der Waals surface area contributed by atoms with Crippen molar-refractivity contribution in [3.63, 3.8) is 0 Å². The van der Waals surface area contributed by atoms with Crippen LogP contribution in [0, 0.1) is 13.8 Å². The third-order valence-electron chi connectivity index (χ3n) is 5.32. The van der Waals surface area contributed by atoms with E-state index < -0.39 is 0 Å². The largest absolute Gasteiger partial charge is 0.308 e. The number of thiazole rings is 1. The molecule has 154 valence electrons. The summed E-state index contributed by atoms with van der Waals surface area (Å²) in [6.45, 7) is 12.1. The van der Waals surface area contributed by atoms with Crippen LogP contribution >= 0.6 is 11.3 Å². The average molecular weight is 410 g/mol. The Bertz CT molecular complexity index is 1010. The van der Waals surface area contributed by atoms with Crippen molar-refractivity contribution in [2.45, 2.75) is 40.0 Å². The van der Waals surface area contributed by atoms with Gasteiger partial charge in [0.05, 0.1) is 10.2 Å². The number of nitrogens with zero attached hydrogens (tertiary/aromatic N) is 3. The second-order valence-corrected chi connectivity index (χ2v) is 9.95. The number of hydrogen-bond donors (Lipinski definition) is 0. The van der Waals surface area contributed by atoms with E-state index >= 15 is 0 Å². The molecule has 0 radical (unpaired) electrons. The Hall–Kier alpha value is -2.24. The molecular formula is C24H31N3OS. The lowest BCUT2D eigenvalue weighted by Gasteiger charge is -2.23. The van der Waals surface area contributed by atoms with Crippen LogP contribution in [0.4, 0.5) is 5.13 Å². The number of benzene rings is 2. The van der Waals surface area contributed by atoms with E-state index in [-0.39, 0.29) is 11.3 Å². The Morgan fingerprint density at radius 3 is 2.24 bits per heavy atom. The Kier molecular flexibility index (Phi) is 6.11. The van der Waals surface area contributed by atoms with Crippen molar-refractivity contribution >= 4 is 32.6 Å². The molecule has 0 unspecified atom stereocenters. The third kappa shape index (κ3) is 4.68. The van der Waals surface area contributed by atoms with Gasteiger partial charge in [0.2, 0.25) is 0 Å². The summed E-state index contributed by atoms with van der Waals surface area (Å²) in [5, 5.41) is 0.764. The van der Waals surface area contributed by atoms with Gasteiger partial charge in [-0.2, -0.15) is 0 Å². The SMILES string of the molecule is Cc1ccc2sc(N(CCN(C)C)C(=O)c3ccc(C(C)(C)C)cc3)nc2c1C. The lowest BCUT2D eigenvalue weighted by molar-refractivity contribution is 0.0985. The van der Waals surface area contributed by atoms with Crippen LogP contribution in [0.1, 0.15) is 47.8 Å². The number of carbonyl (C=O) groups excluding carboxylic acids is 1. The Morgan fingerprint density at radius 1 is 1.00 bits per heavy atom. The minimum atomic E-state index is 0.000685. The van der Waals surface area contributed by atoms with Crippen LogP contribution in [0.3, 0.4) is 0 Å². The van der Waals surface area contributed by atoms with Crippen LogP contribution in [0.15, 0.2) is 36.4 Å². The topological polar surface area (TPSA) is 36.4 Å². The molecule has 0 aliphatic rings. The van der Waals surface area contributed by atoms with Gasteiger partial charge in [-0.15, -0.1) is 0 Å². The lowest BCUT2D eigenvalue weighted by atomic mass is 9.86. The summed E-state index contributed by atoms with van der Waals surface area (Å²) in [6, 6.07) is 12.2. The van der Waals surface area contributed by atoms with Crippen LogP contribution < -0.4 is 4.90 Å². The minimum Gasteiger partial charge on any atom is -0.308 e. The highest BCUT2D eigenvalue weighted by atomic mass is 32.1. The van der Waals surface area contributed by atoms with E-state index in [4.69, 9.17) is 4.98 Å². The molecule has 0 spiro atoms. The Balaban J connectivity index is 1.99. The number of amides is 1. The number of carbonyl (C=O) groups is 1. The van der Waals surface area contributed by atoms with Gasteiger partial charge in [-0.1, -0.05) is 50.3 Å². The summed E-state index contributed by atoms with van der Waals surface area (Å²) < 4.78 is 1.12. The van der Waals surface area contributed by atoms with E-state index in [1.54, 1.807) is 11.3 Å². The van der Waals surface area contributed by atoms with Crippen molar-refractivity contribution < 1.29 is 4.79 Å². The second-order valence-electron chi connectivity index (χ2n) is 8.94. The smallest absolute Gasteiger partial charge is 0.260 e. The fraction of sp³-hybridized carbons (Fsp3) is 0.417. The first-order chi connectivity index (χ1) is 13.6. The maximum Gasteiger partial charge on any atom is 0.260 e.